The van der Waals surface area contributed by atoms with Gasteiger partial charge >= 0.3 is 0 Å². The minimum atomic E-state index is -2.77. The predicted octanol–water partition coefficient (Wildman–Crippen LogP) is -0.777. The van der Waals surface area contributed by atoms with E-state index in [-0.39, 0.29) is 12.2 Å². The van der Waals surface area contributed by atoms with Crippen LogP contribution in [-0.4, -0.2) is 63.2 Å². The molecule has 2 saturated heterocycles. The number of rotatable bonds is 3. The van der Waals surface area contributed by atoms with Crippen LogP contribution in [0, 0.1) is 0 Å². The van der Waals surface area contributed by atoms with Crippen LogP contribution < -0.4 is 5.73 Å². The summed E-state index contributed by atoms with van der Waals surface area (Å²) in [7, 11) is -2.77. The van der Waals surface area contributed by atoms with Gasteiger partial charge in [0.2, 0.25) is 0 Å². The SMILES string of the molecule is NCC1CCC(CN2CCS(=O)(=O)CC2)O1. The molecule has 0 saturated carbocycles. The van der Waals surface area contributed by atoms with Crippen molar-refractivity contribution in [2.75, 3.05) is 37.7 Å². The van der Waals surface area contributed by atoms with E-state index < -0.39 is 9.84 Å². The molecule has 0 aromatic heterocycles. The first kappa shape index (κ1) is 12.3. The van der Waals surface area contributed by atoms with Gasteiger partial charge in [0.25, 0.3) is 0 Å². The molecule has 2 unspecified atom stereocenters. The topological polar surface area (TPSA) is 72.6 Å². The molecule has 6 heteroatoms. The van der Waals surface area contributed by atoms with E-state index in [9.17, 15) is 8.42 Å². The zero-order chi connectivity index (χ0) is 11.6. The van der Waals surface area contributed by atoms with E-state index in [1.165, 1.54) is 0 Å². The maximum Gasteiger partial charge on any atom is 0.152 e. The molecule has 2 aliphatic heterocycles. The van der Waals surface area contributed by atoms with E-state index in [1.54, 1.807) is 0 Å². The number of nitrogens with two attached hydrogens (primary N) is 1. The minimum absolute atomic E-state index is 0.207. The Bertz CT molecular complexity index is 317. The van der Waals surface area contributed by atoms with Gasteiger partial charge in [0.05, 0.1) is 23.7 Å². The van der Waals surface area contributed by atoms with Crippen molar-refractivity contribution in [3.05, 3.63) is 0 Å². The average Bonchev–Trinajstić information content (AvgIpc) is 2.69. The lowest BCUT2D eigenvalue weighted by molar-refractivity contribution is 0.0287. The van der Waals surface area contributed by atoms with Gasteiger partial charge in [-0.3, -0.25) is 4.90 Å². The van der Waals surface area contributed by atoms with Gasteiger partial charge in [-0.05, 0) is 12.8 Å². The summed E-state index contributed by atoms with van der Waals surface area (Å²) in [6.07, 6.45) is 2.53. The fourth-order valence-corrected chi connectivity index (χ4v) is 3.59. The monoisotopic (exact) mass is 248 g/mol. The summed E-state index contributed by atoms with van der Waals surface area (Å²) in [5.74, 6) is 0.583. The van der Waals surface area contributed by atoms with Crippen LogP contribution in [0.2, 0.25) is 0 Å². The maximum atomic E-state index is 11.3. The number of nitrogens with zero attached hydrogens (tertiary/aromatic N) is 1. The highest BCUT2D eigenvalue weighted by Gasteiger charge is 2.28. The molecule has 0 aromatic carbocycles. The highest BCUT2D eigenvalue weighted by molar-refractivity contribution is 7.91. The van der Waals surface area contributed by atoms with Gasteiger partial charge in [-0.1, -0.05) is 0 Å². The third kappa shape index (κ3) is 3.16. The van der Waals surface area contributed by atoms with Crippen LogP contribution in [0.1, 0.15) is 12.8 Å². The highest BCUT2D eigenvalue weighted by atomic mass is 32.2. The van der Waals surface area contributed by atoms with Gasteiger partial charge in [-0.15, -0.1) is 0 Å². The second-order valence-electron chi connectivity index (χ2n) is 4.65. The molecule has 2 heterocycles. The summed E-state index contributed by atoms with van der Waals surface area (Å²) >= 11 is 0. The van der Waals surface area contributed by atoms with Gasteiger partial charge in [0.15, 0.2) is 9.84 Å². The normalized spacial score (nSPS) is 35.3. The summed E-state index contributed by atoms with van der Waals surface area (Å²) in [6.45, 7) is 2.74. The Morgan fingerprint density at radius 3 is 2.38 bits per heavy atom. The van der Waals surface area contributed by atoms with E-state index in [0.29, 0.717) is 31.1 Å². The third-order valence-corrected chi connectivity index (χ3v) is 4.97. The Balaban J connectivity index is 1.75. The first-order valence-electron chi connectivity index (χ1n) is 5.87. The average molecular weight is 248 g/mol. The second-order valence-corrected chi connectivity index (χ2v) is 6.95. The summed E-state index contributed by atoms with van der Waals surface area (Å²) in [6, 6.07) is 0. The first-order valence-corrected chi connectivity index (χ1v) is 7.69. The molecule has 2 rings (SSSR count). The van der Waals surface area contributed by atoms with E-state index in [0.717, 1.165) is 19.4 Å². The van der Waals surface area contributed by atoms with Crippen molar-refractivity contribution in [2.24, 2.45) is 5.73 Å². The summed E-state index contributed by atoms with van der Waals surface area (Å²) in [5, 5.41) is 0. The lowest BCUT2D eigenvalue weighted by atomic mass is 10.2. The van der Waals surface area contributed by atoms with E-state index in [2.05, 4.69) is 4.90 Å². The molecule has 0 aromatic rings. The van der Waals surface area contributed by atoms with E-state index >= 15 is 0 Å². The van der Waals surface area contributed by atoms with E-state index in [1.807, 2.05) is 0 Å². The second kappa shape index (κ2) is 5.00. The van der Waals surface area contributed by atoms with Crippen molar-refractivity contribution in [3.63, 3.8) is 0 Å². The van der Waals surface area contributed by atoms with Gasteiger partial charge in [-0.2, -0.15) is 0 Å². The number of hydrogen-bond acceptors (Lipinski definition) is 5. The Labute approximate surface area is 96.9 Å². The molecule has 5 nitrogen and oxygen atoms in total. The van der Waals surface area contributed by atoms with Gasteiger partial charge in [0, 0.05) is 26.2 Å². The lowest BCUT2D eigenvalue weighted by Crippen LogP contribution is -2.43. The van der Waals surface area contributed by atoms with Crippen molar-refractivity contribution in [3.8, 4) is 0 Å². The zero-order valence-corrected chi connectivity index (χ0v) is 10.3. The molecule has 2 N–H and O–H groups in total. The van der Waals surface area contributed by atoms with Crippen LogP contribution in [0.25, 0.3) is 0 Å². The van der Waals surface area contributed by atoms with Gasteiger partial charge in [0.1, 0.15) is 0 Å². The first-order chi connectivity index (χ1) is 7.59. The maximum absolute atomic E-state index is 11.3. The number of sulfone groups is 1. The standard InChI is InChI=1S/C10H20N2O3S/c11-7-9-1-2-10(15-9)8-12-3-5-16(13,14)6-4-12/h9-10H,1-8,11H2. The largest absolute Gasteiger partial charge is 0.372 e. The molecular weight excluding hydrogens is 228 g/mol. The van der Waals surface area contributed by atoms with Gasteiger partial charge < -0.3 is 10.5 Å². The molecule has 0 radical (unpaired) electrons. The summed E-state index contributed by atoms with van der Waals surface area (Å²) in [5.41, 5.74) is 5.55. The Morgan fingerprint density at radius 1 is 1.19 bits per heavy atom. The third-order valence-electron chi connectivity index (χ3n) is 3.36. The fraction of sp³-hybridized carbons (Fsp3) is 1.00. The predicted molar refractivity (Wildman–Crippen MR) is 62.0 cm³/mol. The van der Waals surface area contributed by atoms with Crippen LogP contribution in [0.15, 0.2) is 0 Å². The van der Waals surface area contributed by atoms with Crippen LogP contribution in [-0.2, 0) is 14.6 Å². The molecule has 16 heavy (non-hydrogen) atoms. The van der Waals surface area contributed by atoms with Crippen LogP contribution in [0.5, 0.6) is 0 Å². The Kier molecular flexibility index (Phi) is 3.84. The molecule has 2 atom stereocenters. The highest BCUT2D eigenvalue weighted by Crippen LogP contribution is 2.20. The van der Waals surface area contributed by atoms with Crippen molar-refractivity contribution in [2.45, 2.75) is 25.0 Å². The van der Waals surface area contributed by atoms with Crippen molar-refractivity contribution in [1.29, 1.82) is 0 Å². The van der Waals surface area contributed by atoms with Crippen molar-refractivity contribution < 1.29 is 13.2 Å². The minimum Gasteiger partial charge on any atom is -0.372 e. The molecule has 2 fully saturated rings. The van der Waals surface area contributed by atoms with Crippen LogP contribution in [0.4, 0.5) is 0 Å². The molecule has 2 aliphatic rings. The lowest BCUT2D eigenvalue weighted by Gasteiger charge is -2.28. The van der Waals surface area contributed by atoms with Crippen molar-refractivity contribution in [1.82, 2.24) is 4.90 Å². The van der Waals surface area contributed by atoms with E-state index in [4.69, 9.17) is 10.5 Å². The van der Waals surface area contributed by atoms with Crippen molar-refractivity contribution >= 4 is 9.84 Å². The molecule has 0 amide bonds. The van der Waals surface area contributed by atoms with Crippen LogP contribution in [0.3, 0.4) is 0 Å². The zero-order valence-electron chi connectivity index (χ0n) is 9.47. The fourth-order valence-electron chi connectivity index (χ4n) is 2.31. The summed E-state index contributed by atoms with van der Waals surface area (Å²) in [4.78, 5) is 2.19. The Hall–Kier alpha value is -0.170. The molecule has 0 bridgehead atoms. The van der Waals surface area contributed by atoms with Gasteiger partial charge in [-0.25, -0.2) is 8.42 Å². The number of ether oxygens (including phenoxy) is 1. The molecule has 0 spiro atoms. The Morgan fingerprint density at radius 2 is 1.81 bits per heavy atom. The summed E-state index contributed by atoms with van der Waals surface area (Å²) < 4.78 is 28.3. The molecule has 94 valence electrons. The van der Waals surface area contributed by atoms with Crippen LogP contribution >= 0.6 is 0 Å². The molecule has 0 aliphatic carbocycles. The molecular formula is C10H20N2O3S. The quantitative estimate of drug-likeness (QED) is 0.709. The number of hydrogen-bond donors (Lipinski definition) is 1. The smallest absolute Gasteiger partial charge is 0.152 e.